The summed E-state index contributed by atoms with van der Waals surface area (Å²) < 4.78 is 0. The number of amides is 2. The van der Waals surface area contributed by atoms with E-state index in [2.05, 4.69) is 44.7 Å². The van der Waals surface area contributed by atoms with Crippen LogP contribution in [0.2, 0.25) is 0 Å². The molecule has 30 heavy (non-hydrogen) atoms. The number of carbonyl (C=O) groups is 1. The number of rotatable bonds is 5. The Morgan fingerprint density at radius 1 is 1.00 bits per heavy atom. The maximum absolute atomic E-state index is 12.2. The Bertz CT molecular complexity index is 870. The summed E-state index contributed by atoms with van der Waals surface area (Å²) >= 11 is 0. The monoisotopic (exact) mass is 404 g/mol. The van der Waals surface area contributed by atoms with E-state index in [0.717, 1.165) is 30.6 Å². The summed E-state index contributed by atoms with van der Waals surface area (Å²) in [6.45, 7) is 6.59. The number of hydrogen-bond donors (Lipinski definition) is 2. The van der Waals surface area contributed by atoms with Crippen molar-refractivity contribution in [2.75, 3.05) is 38.0 Å². The Morgan fingerprint density at radius 3 is 2.60 bits per heavy atom. The second-order valence-electron chi connectivity index (χ2n) is 9.15. The first kappa shape index (κ1) is 19.6. The van der Waals surface area contributed by atoms with Crippen molar-refractivity contribution < 1.29 is 4.79 Å². The zero-order chi connectivity index (χ0) is 20.3. The van der Waals surface area contributed by atoms with Crippen molar-refractivity contribution in [1.29, 1.82) is 0 Å². The maximum atomic E-state index is 12.2. The Hall–Kier alpha value is -2.37. The van der Waals surface area contributed by atoms with Crippen molar-refractivity contribution in [2.45, 2.75) is 31.8 Å². The van der Waals surface area contributed by atoms with Crippen molar-refractivity contribution >= 4 is 11.7 Å². The molecule has 2 bridgehead atoms. The van der Waals surface area contributed by atoms with Crippen LogP contribution in [0.4, 0.5) is 10.5 Å². The van der Waals surface area contributed by atoms with Crippen molar-refractivity contribution in [3.63, 3.8) is 0 Å². The predicted octanol–water partition coefficient (Wildman–Crippen LogP) is 3.58. The summed E-state index contributed by atoms with van der Waals surface area (Å²) in [5, 5.41) is 6.01. The highest BCUT2D eigenvalue weighted by molar-refractivity contribution is 5.89. The van der Waals surface area contributed by atoms with Gasteiger partial charge in [0, 0.05) is 44.5 Å². The molecule has 0 spiro atoms. The summed E-state index contributed by atoms with van der Waals surface area (Å²) in [5.74, 6) is 1.55. The molecule has 158 valence electrons. The number of nitrogens with one attached hydrogen (secondary N) is 2. The third-order valence-electron chi connectivity index (χ3n) is 7.25. The van der Waals surface area contributed by atoms with Crippen molar-refractivity contribution in [2.24, 2.45) is 11.8 Å². The first-order valence-electron chi connectivity index (χ1n) is 11.4. The molecule has 4 atom stereocenters. The molecule has 4 heterocycles. The molecule has 2 amide bonds. The molecule has 2 N–H and O–H groups in total. The number of anilines is 1. The van der Waals surface area contributed by atoms with Gasteiger partial charge in [0.1, 0.15) is 0 Å². The number of carbonyl (C=O) groups excluding carboxylic acids is 1. The summed E-state index contributed by atoms with van der Waals surface area (Å²) in [4.78, 5) is 17.5. The molecule has 5 nitrogen and oxygen atoms in total. The molecule has 1 unspecified atom stereocenters. The van der Waals surface area contributed by atoms with Crippen LogP contribution in [0.25, 0.3) is 0 Å². The Morgan fingerprint density at radius 2 is 1.80 bits per heavy atom. The molecule has 3 saturated heterocycles. The lowest BCUT2D eigenvalue weighted by Gasteiger charge is -2.51. The van der Waals surface area contributed by atoms with Crippen LogP contribution in [0.15, 0.2) is 54.6 Å². The van der Waals surface area contributed by atoms with Crippen LogP contribution in [-0.2, 0) is 13.0 Å². The predicted molar refractivity (Wildman–Crippen MR) is 120 cm³/mol. The molecular weight excluding hydrogens is 372 g/mol. The molecule has 2 aromatic rings. The van der Waals surface area contributed by atoms with Gasteiger partial charge in [0.05, 0.1) is 0 Å². The summed E-state index contributed by atoms with van der Waals surface area (Å²) in [6, 6.07) is 18.9. The third kappa shape index (κ3) is 4.37. The van der Waals surface area contributed by atoms with Crippen LogP contribution in [-0.4, -0.2) is 54.6 Å². The van der Waals surface area contributed by atoms with Crippen LogP contribution in [0.3, 0.4) is 0 Å². The molecule has 4 aliphatic rings. The summed E-state index contributed by atoms with van der Waals surface area (Å²) in [6.07, 6.45) is 3.70. The van der Waals surface area contributed by atoms with E-state index >= 15 is 0 Å². The molecule has 2 aromatic carbocycles. The summed E-state index contributed by atoms with van der Waals surface area (Å²) in [5.41, 5.74) is 3.88. The number of urea groups is 1. The fourth-order valence-corrected chi connectivity index (χ4v) is 5.62. The van der Waals surface area contributed by atoms with Gasteiger partial charge < -0.3 is 10.6 Å². The van der Waals surface area contributed by atoms with Gasteiger partial charge in [-0.05, 0) is 60.9 Å². The molecule has 0 aliphatic carbocycles. The zero-order valence-corrected chi connectivity index (χ0v) is 17.6. The largest absolute Gasteiger partial charge is 0.336 e. The zero-order valence-electron chi connectivity index (χ0n) is 17.6. The van der Waals surface area contributed by atoms with E-state index in [1.807, 2.05) is 30.3 Å². The number of nitrogens with zero attached hydrogens (tertiary/aromatic N) is 2. The van der Waals surface area contributed by atoms with Crippen LogP contribution in [0.1, 0.15) is 24.0 Å². The lowest BCUT2D eigenvalue weighted by Crippen LogP contribution is -2.58. The van der Waals surface area contributed by atoms with Gasteiger partial charge in [-0.15, -0.1) is 0 Å². The van der Waals surface area contributed by atoms with E-state index in [1.54, 1.807) is 0 Å². The second kappa shape index (κ2) is 8.78. The average Bonchev–Trinajstić information content (AvgIpc) is 2.79. The van der Waals surface area contributed by atoms with Crippen LogP contribution in [0.5, 0.6) is 0 Å². The molecular formula is C25H32N4O. The minimum absolute atomic E-state index is 0.104. The number of hydrogen-bond acceptors (Lipinski definition) is 3. The highest BCUT2D eigenvalue weighted by atomic mass is 16.2. The van der Waals surface area contributed by atoms with E-state index in [9.17, 15) is 4.79 Å². The molecule has 5 heteroatoms. The minimum atomic E-state index is -0.104. The number of para-hydroxylation sites is 1. The highest BCUT2D eigenvalue weighted by Gasteiger charge is 2.40. The van der Waals surface area contributed by atoms with E-state index in [0.29, 0.717) is 6.04 Å². The maximum Gasteiger partial charge on any atom is 0.319 e. The first-order valence-corrected chi connectivity index (χ1v) is 11.4. The van der Waals surface area contributed by atoms with Crippen LogP contribution in [0, 0.1) is 11.8 Å². The summed E-state index contributed by atoms with van der Waals surface area (Å²) in [7, 11) is 0. The number of fused-ring (bicyclic) bond motifs is 4. The first-order chi connectivity index (χ1) is 14.7. The Balaban J connectivity index is 1.11. The number of piperidine rings is 3. The van der Waals surface area contributed by atoms with Crippen molar-refractivity contribution in [1.82, 2.24) is 15.1 Å². The van der Waals surface area contributed by atoms with E-state index < -0.39 is 0 Å². The lowest BCUT2D eigenvalue weighted by atomic mass is 9.75. The highest BCUT2D eigenvalue weighted by Crippen LogP contribution is 2.37. The molecule has 4 aliphatic heterocycles. The molecule has 3 fully saturated rings. The lowest BCUT2D eigenvalue weighted by molar-refractivity contribution is -0.0124. The molecule has 0 aromatic heterocycles. The second-order valence-corrected chi connectivity index (χ2v) is 9.15. The normalized spacial score (nSPS) is 28.0. The molecule has 0 saturated carbocycles. The van der Waals surface area contributed by atoms with Gasteiger partial charge in [0.2, 0.25) is 0 Å². The average molecular weight is 405 g/mol. The topological polar surface area (TPSA) is 47.6 Å². The quantitative estimate of drug-likeness (QED) is 0.801. The van der Waals surface area contributed by atoms with Gasteiger partial charge >= 0.3 is 6.03 Å². The van der Waals surface area contributed by atoms with Gasteiger partial charge in [-0.25, -0.2) is 4.79 Å². The smallest absolute Gasteiger partial charge is 0.319 e. The van der Waals surface area contributed by atoms with Gasteiger partial charge in [-0.3, -0.25) is 9.80 Å². The fourth-order valence-electron chi connectivity index (χ4n) is 5.62. The van der Waals surface area contributed by atoms with Gasteiger partial charge in [-0.1, -0.05) is 42.5 Å². The van der Waals surface area contributed by atoms with Gasteiger partial charge in [0.15, 0.2) is 0 Å². The molecule has 6 rings (SSSR count). The minimum Gasteiger partial charge on any atom is -0.336 e. The van der Waals surface area contributed by atoms with E-state index in [-0.39, 0.29) is 6.03 Å². The SMILES string of the molecule is O=C(NC[C@@H]1C[C@H]2CCN1C[C@@H]2CN1CCc2ccccc2C1)Nc1ccccc1. The van der Waals surface area contributed by atoms with E-state index in [4.69, 9.17) is 0 Å². The molecule has 0 radical (unpaired) electrons. The fraction of sp³-hybridized carbons (Fsp3) is 0.480. The van der Waals surface area contributed by atoms with Gasteiger partial charge in [-0.2, -0.15) is 0 Å². The van der Waals surface area contributed by atoms with E-state index in [1.165, 1.54) is 56.6 Å². The third-order valence-corrected chi connectivity index (χ3v) is 7.25. The van der Waals surface area contributed by atoms with Crippen LogP contribution < -0.4 is 10.6 Å². The Kier molecular flexibility index (Phi) is 5.73. The van der Waals surface area contributed by atoms with Crippen molar-refractivity contribution in [3.05, 3.63) is 65.7 Å². The van der Waals surface area contributed by atoms with Gasteiger partial charge in [0.25, 0.3) is 0 Å². The Labute approximate surface area is 179 Å². The van der Waals surface area contributed by atoms with Crippen molar-refractivity contribution in [3.8, 4) is 0 Å². The standard InChI is InChI=1S/C25H32N4O/c30-25(27-23-8-2-1-3-9-23)26-15-24-14-20-11-13-29(24)18-22(20)17-28-12-10-19-6-4-5-7-21(19)16-28/h1-9,20,22,24H,10-18H2,(H2,26,27,30)/t20-,22+,24+/m1/s1. The van der Waals surface area contributed by atoms with Crippen LogP contribution >= 0.6 is 0 Å². The number of benzene rings is 2.